The Morgan fingerprint density at radius 1 is 1.29 bits per heavy atom. The fourth-order valence-electron chi connectivity index (χ4n) is 1.86. The third-order valence-corrected chi connectivity index (χ3v) is 3.17. The van der Waals surface area contributed by atoms with Crippen molar-refractivity contribution >= 4 is 0 Å². The van der Waals surface area contributed by atoms with Gasteiger partial charge in [-0.2, -0.15) is 4.98 Å². The summed E-state index contributed by atoms with van der Waals surface area (Å²) in [4.78, 5) is 4.42. The maximum atomic E-state index is 5.56. The SMILES string of the molecule is CCNCCc1nc(C(CC)(CC)OC)no1. The average molecular weight is 241 g/mol. The lowest BCUT2D eigenvalue weighted by molar-refractivity contribution is -0.0306. The minimum atomic E-state index is -0.403. The minimum absolute atomic E-state index is 0.403. The summed E-state index contributed by atoms with van der Waals surface area (Å²) in [5, 5.41) is 7.27. The molecule has 1 aromatic heterocycles. The van der Waals surface area contributed by atoms with Gasteiger partial charge in [0.15, 0.2) is 0 Å². The van der Waals surface area contributed by atoms with Crippen LogP contribution in [0.15, 0.2) is 4.52 Å². The smallest absolute Gasteiger partial charge is 0.228 e. The van der Waals surface area contributed by atoms with Gasteiger partial charge in [-0.1, -0.05) is 25.9 Å². The van der Waals surface area contributed by atoms with Gasteiger partial charge in [-0.25, -0.2) is 0 Å². The maximum absolute atomic E-state index is 5.56. The quantitative estimate of drug-likeness (QED) is 0.704. The highest BCUT2D eigenvalue weighted by atomic mass is 16.5. The van der Waals surface area contributed by atoms with E-state index >= 15 is 0 Å². The molecule has 0 unspecified atom stereocenters. The molecule has 0 amide bonds. The van der Waals surface area contributed by atoms with Gasteiger partial charge in [0.1, 0.15) is 5.60 Å². The number of ether oxygens (including phenoxy) is 1. The molecule has 17 heavy (non-hydrogen) atoms. The highest BCUT2D eigenvalue weighted by Gasteiger charge is 2.33. The fraction of sp³-hybridized carbons (Fsp3) is 0.833. The highest BCUT2D eigenvalue weighted by Crippen LogP contribution is 2.29. The van der Waals surface area contributed by atoms with Crippen LogP contribution in [0.2, 0.25) is 0 Å². The highest BCUT2D eigenvalue weighted by molar-refractivity contribution is 5.01. The van der Waals surface area contributed by atoms with Gasteiger partial charge in [0.2, 0.25) is 11.7 Å². The Bertz CT molecular complexity index is 313. The van der Waals surface area contributed by atoms with E-state index in [9.17, 15) is 0 Å². The summed E-state index contributed by atoms with van der Waals surface area (Å²) in [7, 11) is 1.70. The molecule has 0 saturated heterocycles. The Morgan fingerprint density at radius 3 is 2.53 bits per heavy atom. The van der Waals surface area contributed by atoms with Crippen molar-refractivity contribution in [1.82, 2.24) is 15.5 Å². The van der Waals surface area contributed by atoms with Gasteiger partial charge in [0, 0.05) is 20.1 Å². The van der Waals surface area contributed by atoms with Gasteiger partial charge >= 0.3 is 0 Å². The summed E-state index contributed by atoms with van der Waals surface area (Å²) in [6.45, 7) is 8.02. The van der Waals surface area contributed by atoms with E-state index < -0.39 is 5.60 Å². The molecule has 1 aromatic rings. The van der Waals surface area contributed by atoms with Crippen LogP contribution in [0.1, 0.15) is 45.3 Å². The minimum Gasteiger partial charge on any atom is -0.370 e. The number of hydrogen-bond donors (Lipinski definition) is 1. The van der Waals surface area contributed by atoms with Crippen LogP contribution in [0, 0.1) is 0 Å². The number of rotatable bonds is 8. The van der Waals surface area contributed by atoms with Crippen LogP contribution in [0.5, 0.6) is 0 Å². The monoisotopic (exact) mass is 241 g/mol. The molecule has 0 saturated carbocycles. The van der Waals surface area contributed by atoms with Gasteiger partial charge in [0.05, 0.1) is 0 Å². The van der Waals surface area contributed by atoms with Gasteiger partial charge < -0.3 is 14.6 Å². The van der Waals surface area contributed by atoms with E-state index in [1.807, 2.05) is 0 Å². The zero-order valence-corrected chi connectivity index (χ0v) is 11.2. The Kier molecular flexibility index (Phi) is 5.58. The third kappa shape index (κ3) is 3.26. The number of nitrogens with one attached hydrogen (secondary N) is 1. The molecule has 0 bridgehead atoms. The summed E-state index contributed by atoms with van der Waals surface area (Å²) >= 11 is 0. The summed E-state index contributed by atoms with van der Waals surface area (Å²) in [6.07, 6.45) is 2.44. The zero-order chi connectivity index (χ0) is 12.7. The van der Waals surface area contributed by atoms with Crippen LogP contribution in [0.4, 0.5) is 0 Å². The van der Waals surface area contributed by atoms with Crippen molar-refractivity contribution in [2.24, 2.45) is 0 Å². The lowest BCUT2D eigenvalue weighted by Gasteiger charge is -2.25. The first-order valence-electron chi connectivity index (χ1n) is 6.31. The second kappa shape index (κ2) is 6.71. The van der Waals surface area contributed by atoms with Gasteiger partial charge in [0.25, 0.3) is 0 Å². The third-order valence-electron chi connectivity index (χ3n) is 3.17. The van der Waals surface area contributed by atoms with E-state index in [1.165, 1.54) is 0 Å². The molecule has 98 valence electrons. The van der Waals surface area contributed by atoms with Crippen LogP contribution in [0.25, 0.3) is 0 Å². The Morgan fingerprint density at radius 2 is 2.00 bits per heavy atom. The standard InChI is InChI=1S/C12H23N3O2/c1-5-12(6-2,16-4)11-14-10(17-15-11)8-9-13-7-3/h13H,5-9H2,1-4H3. The van der Waals surface area contributed by atoms with Crippen molar-refractivity contribution in [3.8, 4) is 0 Å². The van der Waals surface area contributed by atoms with E-state index in [0.29, 0.717) is 11.7 Å². The summed E-state index contributed by atoms with van der Waals surface area (Å²) in [5.41, 5.74) is -0.403. The molecule has 0 aliphatic heterocycles. The maximum Gasteiger partial charge on any atom is 0.228 e. The van der Waals surface area contributed by atoms with E-state index in [4.69, 9.17) is 9.26 Å². The molecular weight excluding hydrogens is 218 g/mol. The molecule has 0 fully saturated rings. The Balaban J connectivity index is 2.71. The van der Waals surface area contributed by atoms with Crippen LogP contribution in [-0.2, 0) is 16.8 Å². The van der Waals surface area contributed by atoms with Crippen molar-refractivity contribution in [1.29, 1.82) is 0 Å². The summed E-state index contributed by atoms with van der Waals surface area (Å²) in [6, 6.07) is 0. The summed E-state index contributed by atoms with van der Waals surface area (Å²) in [5.74, 6) is 1.33. The fourth-order valence-corrected chi connectivity index (χ4v) is 1.86. The van der Waals surface area contributed by atoms with Gasteiger partial charge in [-0.3, -0.25) is 0 Å². The Hall–Kier alpha value is -0.940. The number of likely N-dealkylation sites (N-methyl/N-ethyl adjacent to an activating group) is 1. The molecule has 0 spiro atoms. The second-order valence-electron chi connectivity index (χ2n) is 4.02. The van der Waals surface area contributed by atoms with Gasteiger partial charge in [-0.15, -0.1) is 0 Å². The number of nitrogens with zero attached hydrogens (tertiary/aromatic N) is 2. The molecule has 1 rings (SSSR count). The molecule has 0 aliphatic rings. The molecule has 5 heteroatoms. The average Bonchev–Trinajstić information content (AvgIpc) is 2.82. The second-order valence-corrected chi connectivity index (χ2v) is 4.02. The van der Waals surface area contributed by atoms with Gasteiger partial charge in [-0.05, 0) is 19.4 Å². The molecular formula is C12H23N3O2. The first-order chi connectivity index (χ1) is 8.22. The Labute approximate surface area is 103 Å². The topological polar surface area (TPSA) is 60.2 Å². The van der Waals surface area contributed by atoms with Crippen LogP contribution >= 0.6 is 0 Å². The first kappa shape index (κ1) is 14.1. The zero-order valence-electron chi connectivity index (χ0n) is 11.2. The van der Waals surface area contributed by atoms with Crippen LogP contribution in [-0.4, -0.2) is 30.3 Å². The predicted octanol–water partition coefficient (Wildman–Crippen LogP) is 1.88. The van der Waals surface area contributed by atoms with E-state index in [1.54, 1.807) is 7.11 Å². The van der Waals surface area contributed by atoms with Crippen molar-refractivity contribution < 1.29 is 9.26 Å². The molecule has 1 N–H and O–H groups in total. The number of methoxy groups -OCH3 is 1. The van der Waals surface area contributed by atoms with Crippen molar-refractivity contribution in [2.45, 2.75) is 45.6 Å². The largest absolute Gasteiger partial charge is 0.370 e. The summed E-state index contributed by atoms with van der Waals surface area (Å²) < 4.78 is 10.8. The molecule has 5 nitrogen and oxygen atoms in total. The molecule has 0 atom stereocenters. The van der Waals surface area contributed by atoms with Crippen molar-refractivity contribution in [3.05, 3.63) is 11.7 Å². The van der Waals surface area contributed by atoms with E-state index in [2.05, 4.69) is 36.2 Å². The first-order valence-corrected chi connectivity index (χ1v) is 6.31. The lowest BCUT2D eigenvalue weighted by atomic mass is 9.96. The van der Waals surface area contributed by atoms with Crippen molar-refractivity contribution in [3.63, 3.8) is 0 Å². The van der Waals surface area contributed by atoms with Crippen LogP contribution < -0.4 is 5.32 Å². The lowest BCUT2D eigenvalue weighted by Crippen LogP contribution is -2.28. The molecule has 0 aliphatic carbocycles. The number of hydrogen-bond acceptors (Lipinski definition) is 5. The van der Waals surface area contributed by atoms with Crippen molar-refractivity contribution in [2.75, 3.05) is 20.2 Å². The molecule has 1 heterocycles. The predicted molar refractivity (Wildman–Crippen MR) is 65.8 cm³/mol. The van der Waals surface area contributed by atoms with E-state index in [-0.39, 0.29) is 0 Å². The number of aromatic nitrogens is 2. The molecule has 0 radical (unpaired) electrons. The normalized spacial score (nSPS) is 12.0. The molecule has 0 aromatic carbocycles. The van der Waals surface area contributed by atoms with E-state index in [0.717, 1.165) is 32.4 Å². The van der Waals surface area contributed by atoms with Crippen LogP contribution in [0.3, 0.4) is 0 Å².